The van der Waals surface area contributed by atoms with E-state index in [1.807, 2.05) is 6.92 Å². The Labute approximate surface area is 70.3 Å². The van der Waals surface area contributed by atoms with Gasteiger partial charge in [0.1, 0.15) is 0 Å². The van der Waals surface area contributed by atoms with Crippen LogP contribution in [0.25, 0.3) is 0 Å². The molecular formula is C7H10ClNO2. The van der Waals surface area contributed by atoms with E-state index in [2.05, 4.69) is 0 Å². The van der Waals surface area contributed by atoms with E-state index in [-0.39, 0.29) is 5.91 Å². The molecule has 1 saturated heterocycles. The van der Waals surface area contributed by atoms with Crippen LogP contribution >= 0.6 is 11.6 Å². The van der Waals surface area contributed by atoms with Crippen LogP contribution in [0.4, 0.5) is 4.79 Å². The highest BCUT2D eigenvalue weighted by molar-refractivity contribution is 6.64. The summed E-state index contributed by atoms with van der Waals surface area (Å²) in [6, 6.07) is 0. The van der Waals surface area contributed by atoms with E-state index in [0.29, 0.717) is 18.9 Å². The molecule has 1 fully saturated rings. The molecule has 1 aliphatic rings. The number of hydrogen-bond donors (Lipinski definition) is 0. The number of nitrogens with zero attached hydrogens (tertiary/aromatic N) is 1. The number of halogens is 1. The van der Waals surface area contributed by atoms with Crippen molar-refractivity contribution in [1.82, 2.24) is 4.90 Å². The average Bonchev–Trinajstić information content (AvgIpc) is 1.85. The van der Waals surface area contributed by atoms with Crippen LogP contribution in [0.1, 0.15) is 19.8 Å². The van der Waals surface area contributed by atoms with E-state index >= 15 is 0 Å². The third kappa shape index (κ3) is 1.93. The summed E-state index contributed by atoms with van der Waals surface area (Å²) < 4.78 is 0. The molecule has 62 valence electrons. The van der Waals surface area contributed by atoms with Crippen LogP contribution in [0.2, 0.25) is 0 Å². The Morgan fingerprint density at radius 2 is 2.36 bits per heavy atom. The number of piperidine rings is 1. The van der Waals surface area contributed by atoms with Crippen molar-refractivity contribution in [2.24, 2.45) is 5.92 Å². The van der Waals surface area contributed by atoms with Gasteiger partial charge >= 0.3 is 5.37 Å². The Kier molecular flexibility index (Phi) is 2.49. The van der Waals surface area contributed by atoms with Crippen LogP contribution in [-0.4, -0.2) is 22.7 Å². The quantitative estimate of drug-likeness (QED) is 0.414. The summed E-state index contributed by atoms with van der Waals surface area (Å²) in [7, 11) is 0. The molecule has 1 rings (SSSR count). The second-order valence-electron chi connectivity index (χ2n) is 2.90. The number of hydrogen-bond acceptors (Lipinski definition) is 2. The molecule has 1 unspecified atom stereocenters. The zero-order valence-corrected chi connectivity index (χ0v) is 7.10. The first kappa shape index (κ1) is 8.53. The van der Waals surface area contributed by atoms with E-state index in [4.69, 9.17) is 11.6 Å². The lowest BCUT2D eigenvalue weighted by atomic mass is 9.99. The maximum atomic E-state index is 11.1. The number of carbonyl (C=O) groups is 2. The van der Waals surface area contributed by atoms with Crippen LogP contribution < -0.4 is 0 Å². The van der Waals surface area contributed by atoms with Crippen molar-refractivity contribution < 1.29 is 9.59 Å². The van der Waals surface area contributed by atoms with Gasteiger partial charge in [-0.1, -0.05) is 6.92 Å². The van der Waals surface area contributed by atoms with Gasteiger partial charge in [0.2, 0.25) is 5.91 Å². The largest absolute Gasteiger partial charge is 0.323 e. The summed E-state index contributed by atoms with van der Waals surface area (Å²) in [4.78, 5) is 22.8. The Bertz CT molecular complexity index is 193. The van der Waals surface area contributed by atoms with Gasteiger partial charge in [0.05, 0.1) is 0 Å². The van der Waals surface area contributed by atoms with Crippen molar-refractivity contribution in [2.75, 3.05) is 6.54 Å². The number of amides is 2. The molecule has 1 heterocycles. The highest BCUT2D eigenvalue weighted by Gasteiger charge is 2.26. The highest BCUT2D eigenvalue weighted by atomic mass is 35.5. The Balaban J connectivity index is 2.58. The van der Waals surface area contributed by atoms with Gasteiger partial charge in [-0.05, 0) is 23.9 Å². The molecule has 0 bridgehead atoms. The third-order valence-corrected chi connectivity index (χ3v) is 2.09. The van der Waals surface area contributed by atoms with Crippen molar-refractivity contribution >= 4 is 22.9 Å². The Hall–Kier alpha value is -0.570. The molecule has 1 atom stereocenters. The maximum absolute atomic E-state index is 11.1. The molecule has 0 aliphatic carbocycles. The van der Waals surface area contributed by atoms with Gasteiger partial charge < -0.3 is 0 Å². The monoisotopic (exact) mass is 175 g/mol. The molecule has 11 heavy (non-hydrogen) atoms. The van der Waals surface area contributed by atoms with Gasteiger partial charge in [-0.2, -0.15) is 0 Å². The van der Waals surface area contributed by atoms with E-state index in [0.717, 1.165) is 11.3 Å². The van der Waals surface area contributed by atoms with Crippen LogP contribution in [0.5, 0.6) is 0 Å². The molecule has 0 saturated carbocycles. The topological polar surface area (TPSA) is 37.4 Å². The zero-order chi connectivity index (χ0) is 8.43. The van der Waals surface area contributed by atoms with Crippen molar-refractivity contribution in [3.63, 3.8) is 0 Å². The number of carbonyl (C=O) groups excluding carboxylic acids is 2. The first-order valence-corrected chi connectivity index (χ1v) is 3.99. The van der Waals surface area contributed by atoms with Gasteiger partial charge in [0.25, 0.3) is 0 Å². The van der Waals surface area contributed by atoms with Gasteiger partial charge in [-0.3, -0.25) is 14.5 Å². The minimum absolute atomic E-state index is 0.149. The second-order valence-corrected chi connectivity index (χ2v) is 3.22. The molecule has 0 aromatic rings. The maximum Gasteiger partial charge on any atom is 0.323 e. The smallest absolute Gasteiger partial charge is 0.274 e. The summed E-state index contributed by atoms with van der Waals surface area (Å²) in [6.07, 6.45) is 1.31. The van der Waals surface area contributed by atoms with Crippen molar-refractivity contribution in [2.45, 2.75) is 19.8 Å². The predicted molar refractivity (Wildman–Crippen MR) is 41.4 cm³/mol. The first-order chi connectivity index (χ1) is 5.11. The molecule has 0 N–H and O–H groups in total. The van der Waals surface area contributed by atoms with Crippen LogP contribution in [0, 0.1) is 5.92 Å². The average molecular weight is 176 g/mol. The van der Waals surface area contributed by atoms with E-state index in [9.17, 15) is 9.59 Å². The number of rotatable bonds is 0. The number of likely N-dealkylation sites (tertiary alicyclic amines) is 1. The zero-order valence-electron chi connectivity index (χ0n) is 6.34. The van der Waals surface area contributed by atoms with E-state index < -0.39 is 5.37 Å². The Morgan fingerprint density at radius 1 is 1.73 bits per heavy atom. The van der Waals surface area contributed by atoms with E-state index in [1.54, 1.807) is 0 Å². The fourth-order valence-electron chi connectivity index (χ4n) is 1.17. The fraction of sp³-hybridized carbons (Fsp3) is 0.714. The van der Waals surface area contributed by atoms with E-state index in [1.165, 1.54) is 0 Å². The van der Waals surface area contributed by atoms with Crippen LogP contribution in [-0.2, 0) is 4.79 Å². The Morgan fingerprint density at radius 3 is 2.82 bits per heavy atom. The first-order valence-electron chi connectivity index (χ1n) is 3.61. The lowest BCUT2D eigenvalue weighted by Crippen LogP contribution is -2.39. The second kappa shape index (κ2) is 3.22. The lowest BCUT2D eigenvalue weighted by molar-refractivity contribution is -0.130. The molecule has 0 spiro atoms. The van der Waals surface area contributed by atoms with Gasteiger partial charge in [-0.15, -0.1) is 0 Å². The van der Waals surface area contributed by atoms with Gasteiger partial charge in [-0.25, -0.2) is 0 Å². The summed E-state index contributed by atoms with van der Waals surface area (Å²) in [5.41, 5.74) is 0. The van der Waals surface area contributed by atoms with Crippen molar-refractivity contribution in [3.05, 3.63) is 0 Å². The van der Waals surface area contributed by atoms with Gasteiger partial charge in [0.15, 0.2) is 0 Å². The summed E-state index contributed by atoms with van der Waals surface area (Å²) in [5.74, 6) is 0.235. The minimum atomic E-state index is -0.651. The fourth-order valence-corrected chi connectivity index (χ4v) is 1.35. The summed E-state index contributed by atoms with van der Waals surface area (Å²) in [6.45, 7) is 2.47. The summed E-state index contributed by atoms with van der Waals surface area (Å²) in [5, 5.41) is -0.651. The van der Waals surface area contributed by atoms with Crippen LogP contribution in [0.3, 0.4) is 0 Å². The van der Waals surface area contributed by atoms with Crippen LogP contribution in [0.15, 0.2) is 0 Å². The molecule has 4 heteroatoms. The molecule has 0 aromatic carbocycles. The SMILES string of the molecule is CC1CCN(C(=O)Cl)C(=O)C1. The molecule has 2 amide bonds. The summed E-state index contributed by atoms with van der Waals surface area (Å²) >= 11 is 5.17. The minimum Gasteiger partial charge on any atom is -0.274 e. The highest BCUT2D eigenvalue weighted by Crippen LogP contribution is 2.18. The predicted octanol–water partition coefficient (Wildman–Crippen LogP) is 1.60. The molecule has 0 aromatic heterocycles. The molecular weight excluding hydrogens is 166 g/mol. The molecule has 1 aliphatic heterocycles. The van der Waals surface area contributed by atoms with Gasteiger partial charge in [0, 0.05) is 13.0 Å². The number of imide groups is 1. The third-order valence-electron chi connectivity index (χ3n) is 1.88. The standard InChI is InChI=1S/C7H10ClNO2/c1-5-2-3-9(7(8)11)6(10)4-5/h5H,2-4H2,1H3. The molecule has 3 nitrogen and oxygen atoms in total. The van der Waals surface area contributed by atoms with Crippen molar-refractivity contribution in [3.8, 4) is 0 Å². The normalized spacial score (nSPS) is 25.5. The lowest BCUT2D eigenvalue weighted by Gasteiger charge is -2.26. The molecule has 0 radical (unpaired) electrons. The van der Waals surface area contributed by atoms with Crippen molar-refractivity contribution in [1.29, 1.82) is 0 Å².